The van der Waals surface area contributed by atoms with Crippen LogP contribution in [-0.2, 0) is 11.3 Å². The van der Waals surface area contributed by atoms with Crippen molar-refractivity contribution in [2.75, 3.05) is 13.7 Å². The Morgan fingerprint density at radius 2 is 1.95 bits per heavy atom. The molecule has 1 amide bonds. The first-order valence-corrected chi connectivity index (χ1v) is 12.3. The molecule has 1 atom stereocenters. The number of allylic oxidation sites excluding steroid dienone is 4. The van der Waals surface area contributed by atoms with Crippen LogP contribution in [0.15, 0.2) is 73.0 Å². The molecular formula is C30H30F2N2O3. The Balaban J connectivity index is 1.45. The molecule has 1 aliphatic rings. The van der Waals surface area contributed by atoms with E-state index in [9.17, 15) is 13.6 Å². The van der Waals surface area contributed by atoms with Gasteiger partial charge >= 0.3 is 0 Å². The molecule has 3 aromatic rings. The van der Waals surface area contributed by atoms with Gasteiger partial charge in [-0.1, -0.05) is 24.3 Å². The van der Waals surface area contributed by atoms with Crippen LogP contribution in [0.25, 0.3) is 5.57 Å². The summed E-state index contributed by atoms with van der Waals surface area (Å²) >= 11 is 0. The number of hydrogen-bond acceptors (Lipinski definition) is 4. The van der Waals surface area contributed by atoms with E-state index in [2.05, 4.69) is 28.5 Å². The van der Waals surface area contributed by atoms with Crippen LogP contribution in [0.4, 0.5) is 8.78 Å². The number of carbonyl (C=O) groups is 1. The van der Waals surface area contributed by atoms with Crippen molar-refractivity contribution in [1.82, 2.24) is 10.3 Å². The van der Waals surface area contributed by atoms with Gasteiger partial charge in [0, 0.05) is 49.7 Å². The first kappa shape index (κ1) is 26.2. The monoisotopic (exact) mass is 504 g/mol. The zero-order valence-corrected chi connectivity index (χ0v) is 21.0. The molecule has 1 unspecified atom stereocenters. The molecule has 0 bridgehead atoms. The van der Waals surface area contributed by atoms with Crippen LogP contribution in [0.2, 0.25) is 0 Å². The molecule has 0 fully saturated rings. The van der Waals surface area contributed by atoms with Crippen molar-refractivity contribution in [1.29, 1.82) is 0 Å². The maximum atomic E-state index is 13.4. The number of amides is 1. The van der Waals surface area contributed by atoms with Crippen molar-refractivity contribution in [3.8, 4) is 11.5 Å². The van der Waals surface area contributed by atoms with Crippen molar-refractivity contribution < 1.29 is 23.0 Å². The molecule has 7 heteroatoms. The SMILES string of the molecule is COCCCC1C=C(c2cc(Oc3cccc(C(=O)NCc4cc(F)cc(F)c4)c3C)ccn2)C=CC1. The lowest BCUT2D eigenvalue weighted by molar-refractivity contribution is 0.0949. The smallest absolute Gasteiger partial charge is 0.251 e. The first-order valence-electron chi connectivity index (χ1n) is 12.3. The molecule has 0 radical (unpaired) electrons. The summed E-state index contributed by atoms with van der Waals surface area (Å²) in [5, 5.41) is 2.72. The van der Waals surface area contributed by atoms with Gasteiger partial charge in [0.05, 0.1) is 5.69 Å². The molecule has 1 aromatic heterocycles. The predicted octanol–water partition coefficient (Wildman–Crippen LogP) is 6.78. The van der Waals surface area contributed by atoms with E-state index in [1.165, 1.54) is 12.1 Å². The highest BCUT2D eigenvalue weighted by Gasteiger charge is 2.15. The third-order valence-corrected chi connectivity index (χ3v) is 6.23. The molecule has 0 saturated heterocycles. The Hall–Kier alpha value is -3.84. The lowest BCUT2D eigenvalue weighted by atomic mass is 9.91. The van der Waals surface area contributed by atoms with Crippen LogP contribution in [0.1, 0.15) is 46.4 Å². The minimum absolute atomic E-state index is 0.000838. The average Bonchev–Trinajstić information content (AvgIpc) is 2.88. The van der Waals surface area contributed by atoms with E-state index in [1.54, 1.807) is 44.5 Å². The van der Waals surface area contributed by atoms with E-state index in [-0.39, 0.29) is 12.5 Å². The van der Waals surface area contributed by atoms with Crippen molar-refractivity contribution >= 4 is 11.5 Å². The van der Waals surface area contributed by atoms with Gasteiger partial charge in [-0.05, 0) is 73.6 Å². The number of methoxy groups -OCH3 is 1. The summed E-state index contributed by atoms with van der Waals surface area (Å²) in [6.45, 7) is 2.55. The molecule has 0 aliphatic heterocycles. The van der Waals surface area contributed by atoms with Gasteiger partial charge in [0.25, 0.3) is 5.91 Å². The highest BCUT2D eigenvalue weighted by molar-refractivity contribution is 5.96. The summed E-state index contributed by atoms with van der Waals surface area (Å²) in [4.78, 5) is 17.3. The molecule has 192 valence electrons. The quantitative estimate of drug-likeness (QED) is 0.309. The Labute approximate surface area is 215 Å². The van der Waals surface area contributed by atoms with Gasteiger partial charge in [-0.15, -0.1) is 0 Å². The van der Waals surface area contributed by atoms with E-state index in [1.807, 2.05) is 6.07 Å². The summed E-state index contributed by atoms with van der Waals surface area (Å²) in [6.07, 6.45) is 11.3. The molecule has 4 rings (SSSR count). The maximum Gasteiger partial charge on any atom is 0.251 e. The number of halogens is 2. The van der Waals surface area contributed by atoms with Crippen molar-refractivity contribution in [3.05, 3.63) is 107 Å². The lowest BCUT2D eigenvalue weighted by Crippen LogP contribution is -2.23. The van der Waals surface area contributed by atoms with Gasteiger partial charge < -0.3 is 14.8 Å². The molecule has 0 spiro atoms. The summed E-state index contributed by atoms with van der Waals surface area (Å²) in [5.41, 5.74) is 3.28. The third-order valence-electron chi connectivity index (χ3n) is 6.23. The van der Waals surface area contributed by atoms with Gasteiger partial charge in [-0.25, -0.2) is 8.78 Å². The standard InChI is InChI=1S/C30H30F2N2O3/c1-20-27(30(35)34-19-22-15-24(31)17-25(32)16-22)9-4-10-29(20)37-26-11-12-33-28(18-26)23-8-3-6-21(14-23)7-5-13-36-2/h3-4,8-12,14-18,21H,5-7,13,19H2,1-2H3,(H,34,35). The van der Waals surface area contributed by atoms with Crippen molar-refractivity contribution in [2.45, 2.75) is 32.7 Å². The third kappa shape index (κ3) is 7.11. The van der Waals surface area contributed by atoms with Crippen LogP contribution in [0.5, 0.6) is 11.5 Å². The summed E-state index contributed by atoms with van der Waals surface area (Å²) in [6, 6.07) is 12.0. The number of pyridine rings is 1. The molecule has 1 heterocycles. The number of aromatic nitrogens is 1. The zero-order valence-electron chi connectivity index (χ0n) is 21.0. The number of nitrogens with one attached hydrogen (secondary N) is 1. The highest BCUT2D eigenvalue weighted by atomic mass is 19.1. The number of ether oxygens (including phenoxy) is 2. The number of rotatable bonds is 10. The number of hydrogen-bond donors (Lipinski definition) is 1. The minimum atomic E-state index is -0.686. The zero-order chi connectivity index (χ0) is 26.2. The van der Waals surface area contributed by atoms with E-state index >= 15 is 0 Å². The van der Waals surface area contributed by atoms with Crippen LogP contribution in [-0.4, -0.2) is 24.6 Å². The molecule has 37 heavy (non-hydrogen) atoms. The highest BCUT2D eigenvalue weighted by Crippen LogP contribution is 2.31. The normalized spacial score (nSPS) is 14.8. The van der Waals surface area contributed by atoms with E-state index in [0.717, 1.165) is 43.2 Å². The van der Waals surface area contributed by atoms with Crippen LogP contribution in [0.3, 0.4) is 0 Å². The van der Waals surface area contributed by atoms with Crippen molar-refractivity contribution in [3.63, 3.8) is 0 Å². The van der Waals surface area contributed by atoms with Crippen LogP contribution < -0.4 is 10.1 Å². The molecule has 1 aliphatic carbocycles. The molecule has 1 N–H and O–H groups in total. The number of carbonyl (C=O) groups excluding carboxylic acids is 1. The topological polar surface area (TPSA) is 60.5 Å². The largest absolute Gasteiger partial charge is 0.457 e. The van der Waals surface area contributed by atoms with Gasteiger partial charge in [0.1, 0.15) is 23.1 Å². The lowest BCUT2D eigenvalue weighted by Gasteiger charge is -2.17. The fraction of sp³-hybridized carbons (Fsp3) is 0.267. The van der Waals surface area contributed by atoms with Crippen LogP contribution >= 0.6 is 0 Å². The second-order valence-corrected chi connectivity index (χ2v) is 9.02. The predicted molar refractivity (Wildman–Crippen MR) is 139 cm³/mol. The Morgan fingerprint density at radius 1 is 1.14 bits per heavy atom. The molecule has 0 saturated carbocycles. The van der Waals surface area contributed by atoms with E-state index in [0.29, 0.717) is 34.1 Å². The molecule has 5 nitrogen and oxygen atoms in total. The van der Waals surface area contributed by atoms with E-state index < -0.39 is 11.6 Å². The second-order valence-electron chi connectivity index (χ2n) is 9.02. The summed E-state index contributed by atoms with van der Waals surface area (Å²) in [5.74, 6) is -0.144. The van der Waals surface area contributed by atoms with Gasteiger partial charge in [-0.3, -0.25) is 9.78 Å². The Bertz CT molecular complexity index is 1300. The molecule has 2 aromatic carbocycles. The number of nitrogens with zero attached hydrogens (tertiary/aromatic N) is 1. The minimum Gasteiger partial charge on any atom is -0.457 e. The first-order chi connectivity index (χ1) is 17.9. The molecular weight excluding hydrogens is 474 g/mol. The van der Waals surface area contributed by atoms with Crippen molar-refractivity contribution in [2.24, 2.45) is 5.92 Å². The van der Waals surface area contributed by atoms with Gasteiger partial charge in [0.2, 0.25) is 0 Å². The Morgan fingerprint density at radius 3 is 2.73 bits per heavy atom. The second kappa shape index (κ2) is 12.4. The van der Waals surface area contributed by atoms with Crippen LogP contribution in [0, 0.1) is 24.5 Å². The average molecular weight is 505 g/mol. The maximum absolute atomic E-state index is 13.4. The van der Waals surface area contributed by atoms with Gasteiger partial charge in [0.15, 0.2) is 0 Å². The summed E-state index contributed by atoms with van der Waals surface area (Å²) in [7, 11) is 1.72. The fourth-order valence-electron chi connectivity index (χ4n) is 4.33. The Kier molecular flexibility index (Phi) is 8.80. The number of benzene rings is 2. The van der Waals surface area contributed by atoms with E-state index in [4.69, 9.17) is 9.47 Å². The van der Waals surface area contributed by atoms with Gasteiger partial charge in [-0.2, -0.15) is 0 Å². The fourth-order valence-corrected chi connectivity index (χ4v) is 4.33. The summed E-state index contributed by atoms with van der Waals surface area (Å²) < 4.78 is 38.2.